The first-order chi connectivity index (χ1) is 8.08. The maximum absolute atomic E-state index is 9.33. The molecule has 1 aromatic rings. The van der Waals surface area contributed by atoms with Crippen LogP contribution in [0.5, 0.6) is 5.75 Å². The fourth-order valence-corrected chi connectivity index (χ4v) is 2.81. The van der Waals surface area contributed by atoms with E-state index in [9.17, 15) is 5.11 Å². The first-order valence-corrected chi connectivity index (χ1v) is 6.62. The Morgan fingerprint density at radius 1 is 1.18 bits per heavy atom. The normalized spacial score (nSPS) is 27.9. The molecule has 1 saturated heterocycles. The Labute approximate surface area is 104 Å². The Kier molecular flexibility index (Phi) is 3.72. The van der Waals surface area contributed by atoms with E-state index in [-0.39, 0.29) is 0 Å². The topological polar surface area (TPSA) is 23.5 Å². The van der Waals surface area contributed by atoms with Gasteiger partial charge in [0.05, 0.1) is 0 Å². The molecule has 0 radical (unpaired) electrons. The van der Waals surface area contributed by atoms with Gasteiger partial charge in [0.15, 0.2) is 0 Å². The van der Waals surface area contributed by atoms with Crippen molar-refractivity contribution >= 4 is 0 Å². The molecular weight excluding hydrogens is 210 g/mol. The lowest BCUT2D eigenvalue weighted by Gasteiger charge is -2.41. The summed E-state index contributed by atoms with van der Waals surface area (Å²) in [6, 6.07) is 8.73. The summed E-state index contributed by atoms with van der Waals surface area (Å²) in [6.07, 6.45) is 2.64. The van der Waals surface area contributed by atoms with Crippen LogP contribution in [0.1, 0.15) is 45.2 Å². The van der Waals surface area contributed by atoms with E-state index in [1.165, 1.54) is 24.9 Å². The molecule has 0 bridgehead atoms. The van der Waals surface area contributed by atoms with E-state index in [0.29, 0.717) is 17.8 Å². The highest BCUT2D eigenvalue weighted by atomic mass is 16.3. The molecule has 1 fully saturated rings. The molecule has 17 heavy (non-hydrogen) atoms. The summed E-state index contributed by atoms with van der Waals surface area (Å²) in [6.45, 7) is 8.11. The zero-order valence-corrected chi connectivity index (χ0v) is 11.1. The fraction of sp³-hybridized carbons (Fsp3) is 0.600. The second-order valence-corrected chi connectivity index (χ2v) is 5.50. The number of nitrogens with zero attached hydrogens (tertiary/aromatic N) is 1. The zero-order chi connectivity index (χ0) is 12.4. The standard InChI is InChI=1S/C15H23NO/c1-11-4-5-12(2)16(10-11)13(3)14-6-8-15(17)9-7-14/h6-9,11-13,17H,4-5,10H2,1-3H3. The largest absolute Gasteiger partial charge is 0.508 e. The Morgan fingerprint density at radius 3 is 2.47 bits per heavy atom. The maximum atomic E-state index is 9.33. The number of phenolic OH excluding ortho intramolecular Hbond substituents is 1. The third-order valence-electron chi connectivity index (χ3n) is 4.04. The van der Waals surface area contributed by atoms with Crippen LogP contribution in [-0.2, 0) is 0 Å². The second kappa shape index (κ2) is 5.09. The predicted octanol–water partition coefficient (Wildman–Crippen LogP) is 3.57. The van der Waals surface area contributed by atoms with E-state index >= 15 is 0 Å². The molecule has 0 aromatic heterocycles. The third kappa shape index (κ3) is 2.81. The molecule has 2 heteroatoms. The lowest BCUT2D eigenvalue weighted by molar-refractivity contribution is 0.0844. The van der Waals surface area contributed by atoms with Gasteiger partial charge >= 0.3 is 0 Å². The Morgan fingerprint density at radius 2 is 1.82 bits per heavy atom. The maximum Gasteiger partial charge on any atom is 0.115 e. The van der Waals surface area contributed by atoms with E-state index in [1.54, 1.807) is 12.1 Å². The van der Waals surface area contributed by atoms with E-state index in [2.05, 4.69) is 25.7 Å². The van der Waals surface area contributed by atoms with Crippen LogP contribution in [0, 0.1) is 5.92 Å². The van der Waals surface area contributed by atoms with E-state index in [4.69, 9.17) is 0 Å². The zero-order valence-electron chi connectivity index (χ0n) is 11.1. The van der Waals surface area contributed by atoms with Crippen molar-refractivity contribution in [3.05, 3.63) is 29.8 Å². The van der Waals surface area contributed by atoms with Gasteiger partial charge in [-0.1, -0.05) is 19.1 Å². The molecular formula is C15H23NO. The molecule has 1 aliphatic rings. The molecule has 1 aromatic carbocycles. The minimum atomic E-state index is 0.348. The lowest BCUT2D eigenvalue weighted by atomic mass is 9.92. The van der Waals surface area contributed by atoms with Gasteiger partial charge in [-0.2, -0.15) is 0 Å². The van der Waals surface area contributed by atoms with Crippen LogP contribution in [0.4, 0.5) is 0 Å². The number of likely N-dealkylation sites (tertiary alicyclic amines) is 1. The van der Waals surface area contributed by atoms with Gasteiger partial charge in [0.1, 0.15) is 5.75 Å². The minimum Gasteiger partial charge on any atom is -0.508 e. The molecule has 3 unspecified atom stereocenters. The molecule has 2 nitrogen and oxygen atoms in total. The van der Waals surface area contributed by atoms with E-state index < -0.39 is 0 Å². The number of phenols is 1. The summed E-state index contributed by atoms with van der Waals surface area (Å²) in [5, 5.41) is 9.33. The first kappa shape index (κ1) is 12.4. The molecule has 2 rings (SSSR count). The van der Waals surface area contributed by atoms with Crippen molar-refractivity contribution in [2.24, 2.45) is 5.92 Å². The average molecular weight is 233 g/mol. The summed E-state index contributed by atoms with van der Waals surface area (Å²) in [4.78, 5) is 2.58. The smallest absolute Gasteiger partial charge is 0.115 e. The van der Waals surface area contributed by atoms with Crippen LogP contribution >= 0.6 is 0 Å². The highest BCUT2D eigenvalue weighted by Gasteiger charge is 2.27. The Hall–Kier alpha value is -1.02. The van der Waals surface area contributed by atoms with Gasteiger partial charge in [-0.25, -0.2) is 0 Å². The highest BCUT2D eigenvalue weighted by molar-refractivity contribution is 5.27. The molecule has 3 atom stereocenters. The lowest BCUT2D eigenvalue weighted by Crippen LogP contribution is -2.42. The van der Waals surface area contributed by atoms with Crippen LogP contribution in [0.15, 0.2) is 24.3 Å². The number of hydrogen-bond acceptors (Lipinski definition) is 2. The number of hydrogen-bond donors (Lipinski definition) is 1. The summed E-state index contributed by atoms with van der Waals surface area (Å²) in [5.41, 5.74) is 1.30. The van der Waals surface area contributed by atoms with Crippen molar-refractivity contribution in [1.29, 1.82) is 0 Å². The van der Waals surface area contributed by atoms with Gasteiger partial charge < -0.3 is 5.11 Å². The first-order valence-electron chi connectivity index (χ1n) is 6.62. The van der Waals surface area contributed by atoms with Crippen LogP contribution in [0.25, 0.3) is 0 Å². The van der Waals surface area contributed by atoms with Crippen LogP contribution < -0.4 is 0 Å². The monoisotopic (exact) mass is 233 g/mol. The molecule has 0 amide bonds. The summed E-state index contributed by atoms with van der Waals surface area (Å²) >= 11 is 0. The van der Waals surface area contributed by atoms with Crippen molar-refractivity contribution in [2.45, 2.75) is 45.7 Å². The second-order valence-electron chi connectivity index (χ2n) is 5.50. The average Bonchev–Trinajstić information content (AvgIpc) is 2.32. The van der Waals surface area contributed by atoms with E-state index in [0.717, 1.165) is 5.92 Å². The van der Waals surface area contributed by atoms with Gasteiger partial charge in [0, 0.05) is 18.6 Å². The van der Waals surface area contributed by atoms with Gasteiger partial charge in [0.25, 0.3) is 0 Å². The molecule has 1 N–H and O–H groups in total. The number of rotatable bonds is 2. The molecule has 0 saturated carbocycles. The van der Waals surface area contributed by atoms with Crippen LogP contribution in [-0.4, -0.2) is 22.6 Å². The highest BCUT2D eigenvalue weighted by Crippen LogP contribution is 2.30. The van der Waals surface area contributed by atoms with Crippen LogP contribution in [0.2, 0.25) is 0 Å². The van der Waals surface area contributed by atoms with Gasteiger partial charge in [-0.15, -0.1) is 0 Å². The predicted molar refractivity (Wildman–Crippen MR) is 71.1 cm³/mol. The summed E-state index contributed by atoms with van der Waals surface area (Å²) in [7, 11) is 0. The van der Waals surface area contributed by atoms with E-state index in [1.807, 2.05) is 12.1 Å². The minimum absolute atomic E-state index is 0.348. The van der Waals surface area contributed by atoms with Crippen molar-refractivity contribution in [3.63, 3.8) is 0 Å². The molecule has 0 aliphatic carbocycles. The third-order valence-corrected chi connectivity index (χ3v) is 4.04. The molecule has 0 spiro atoms. The summed E-state index contributed by atoms with van der Waals surface area (Å²) in [5.74, 6) is 1.15. The quantitative estimate of drug-likeness (QED) is 0.844. The van der Waals surface area contributed by atoms with Crippen molar-refractivity contribution < 1.29 is 5.11 Å². The molecule has 1 heterocycles. The molecule has 1 aliphatic heterocycles. The Balaban J connectivity index is 2.12. The van der Waals surface area contributed by atoms with Crippen molar-refractivity contribution in [3.8, 4) is 5.75 Å². The van der Waals surface area contributed by atoms with Crippen molar-refractivity contribution in [2.75, 3.05) is 6.54 Å². The SMILES string of the molecule is CC1CCC(C)N(C(C)c2ccc(O)cc2)C1. The number of benzene rings is 1. The van der Waals surface area contributed by atoms with Gasteiger partial charge in [-0.3, -0.25) is 4.90 Å². The fourth-order valence-electron chi connectivity index (χ4n) is 2.81. The number of piperidine rings is 1. The van der Waals surface area contributed by atoms with Gasteiger partial charge in [0.2, 0.25) is 0 Å². The van der Waals surface area contributed by atoms with Crippen LogP contribution in [0.3, 0.4) is 0 Å². The molecule has 94 valence electrons. The van der Waals surface area contributed by atoms with Gasteiger partial charge in [-0.05, 0) is 50.3 Å². The summed E-state index contributed by atoms with van der Waals surface area (Å²) < 4.78 is 0. The van der Waals surface area contributed by atoms with Crippen molar-refractivity contribution in [1.82, 2.24) is 4.90 Å². The Bertz CT molecular complexity index is 360. The number of aromatic hydroxyl groups is 1.